The van der Waals surface area contributed by atoms with Crippen LogP contribution in [0.5, 0.6) is 11.5 Å². The SMILES string of the molecule is C=CCOCC(O)CN1CCN(Cc2ccc3c(c2)OCO3)CC1.Cl.Cl. The Balaban J connectivity index is 0.00000169. The van der Waals surface area contributed by atoms with Gasteiger partial charge in [-0.05, 0) is 17.7 Å². The van der Waals surface area contributed by atoms with E-state index < -0.39 is 6.10 Å². The van der Waals surface area contributed by atoms with Crippen molar-refractivity contribution >= 4 is 24.8 Å². The van der Waals surface area contributed by atoms with Gasteiger partial charge in [-0.3, -0.25) is 9.80 Å². The molecule has 3 rings (SSSR count). The highest BCUT2D eigenvalue weighted by Gasteiger charge is 2.20. The number of hydrogen-bond acceptors (Lipinski definition) is 6. The predicted molar refractivity (Wildman–Crippen MR) is 106 cm³/mol. The molecule has 1 aromatic rings. The molecule has 8 heteroatoms. The van der Waals surface area contributed by atoms with Crippen molar-refractivity contribution in [3.05, 3.63) is 36.4 Å². The van der Waals surface area contributed by atoms with Crippen LogP contribution in [0.1, 0.15) is 5.56 Å². The predicted octanol–water partition coefficient (Wildman–Crippen LogP) is 1.94. The van der Waals surface area contributed by atoms with E-state index in [-0.39, 0.29) is 24.8 Å². The van der Waals surface area contributed by atoms with Gasteiger partial charge >= 0.3 is 0 Å². The molecule has 6 nitrogen and oxygen atoms in total. The quantitative estimate of drug-likeness (QED) is 0.525. The normalized spacial score (nSPS) is 17.9. The van der Waals surface area contributed by atoms with Gasteiger partial charge in [-0.15, -0.1) is 31.4 Å². The van der Waals surface area contributed by atoms with E-state index in [0.29, 0.717) is 26.6 Å². The molecule has 1 unspecified atom stereocenters. The van der Waals surface area contributed by atoms with Crippen molar-refractivity contribution < 1.29 is 19.3 Å². The Morgan fingerprint density at radius 3 is 2.54 bits per heavy atom. The number of halogens is 2. The molecule has 2 heterocycles. The van der Waals surface area contributed by atoms with Crippen molar-refractivity contribution in [1.29, 1.82) is 0 Å². The number of aliphatic hydroxyl groups excluding tert-OH is 1. The average Bonchev–Trinajstić information content (AvgIpc) is 3.05. The minimum absolute atomic E-state index is 0. The lowest BCUT2D eigenvalue weighted by atomic mass is 10.1. The minimum Gasteiger partial charge on any atom is -0.454 e. The van der Waals surface area contributed by atoms with Crippen molar-refractivity contribution in [2.75, 3.05) is 52.7 Å². The van der Waals surface area contributed by atoms with E-state index in [4.69, 9.17) is 14.2 Å². The summed E-state index contributed by atoms with van der Waals surface area (Å²) >= 11 is 0. The summed E-state index contributed by atoms with van der Waals surface area (Å²) in [6.45, 7) is 10.3. The van der Waals surface area contributed by atoms with E-state index in [1.807, 2.05) is 6.07 Å². The molecule has 1 N–H and O–H groups in total. The summed E-state index contributed by atoms with van der Waals surface area (Å²) in [5, 5.41) is 9.98. The lowest BCUT2D eigenvalue weighted by Gasteiger charge is -2.35. The van der Waals surface area contributed by atoms with Gasteiger partial charge in [0.1, 0.15) is 0 Å². The Kier molecular flexibility index (Phi) is 10.3. The molecule has 2 aliphatic rings. The number of rotatable bonds is 8. The maximum atomic E-state index is 9.98. The first-order valence-electron chi connectivity index (χ1n) is 8.44. The van der Waals surface area contributed by atoms with Gasteiger partial charge in [-0.1, -0.05) is 12.1 Å². The summed E-state index contributed by atoms with van der Waals surface area (Å²) in [6, 6.07) is 6.14. The number of benzene rings is 1. The summed E-state index contributed by atoms with van der Waals surface area (Å²) < 4.78 is 16.1. The van der Waals surface area contributed by atoms with E-state index in [2.05, 4.69) is 28.5 Å². The Morgan fingerprint density at radius 2 is 1.81 bits per heavy atom. The molecular weight excluding hydrogens is 379 g/mol. The van der Waals surface area contributed by atoms with Crippen molar-refractivity contribution in [1.82, 2.24) is 9.80 Å². The van der Waals surface area contributed by atoms with Gasteiger partial charge in [0.05, 0.1) is 19.3 Å². The zero-order valence-electron chi connectivity index (χ0n) is 14.8. The molecule has 148 valence electrons. The summed E-state index contributed by atoms with van der Waals surface area (Å²) in [5.74, 6) is 1.67. The molecule has 1 saturated heterocycles. The van der Waals surface area contributed by atoms with Crippen LogP contribution < -0.4 is 9.47 Å². The lowest BCUT2D eigenvalue weighted by Crippen LogP contribution is -2.48. The lowest BCUT2D eigenvalue weighted by molar-refractivity contribution is 0.0142. The van der Waals surface area contributed by atoms with Gasteiger partial charge in [-0.2, -0.15) is 0 Å². The van der Waals surface area contributed by atoms with Crippen LogP contribution in [0.3, 0.4) is 0 Å². The molecule has 2 aliphatic heterocycles. The number of ether oxygens (including phenoxy) is 3. The number of aliphatic hydroxyl groups is 1. The van der Waals surface area contributed by atoms with E-state index in [0.717, 1.165) is 44.2 Å². The Labute approximate surface area is 167 Å². The van der Waals surface area contributed by atoms with Gasteiger partial charge in [0.25, 0.3) is 0 Å². The van der Waals surface area contributed by atoms with Crippen molar-refractivity contribution in [3.63, 3.8) is 0 Å². The van der Waals surface area contributed by atoms with E-state index in [1.54, 1.807) is 6.08 Å². The Morgan fingerprint density at radius 1 is 1.12 bits per heavy atom. The average molecular weight is 407 g/mol. The zero-order chi connectivity index (χ0) is 16.8. The van der Waals surface area contributed by atoms with Crippen molar-refractivity contribution in [3.8, 4) is 11.5 Å². The number of fused-ring (bicyclic) bond motifs is 1. The largest absolute Gasteiger partial charge is 0.454 e. The molecule has 0 saturated carbocycles. The summed E-state index contributed by atoms with van der Waals surface area (Å²) in [5.41, 5.74) is 1.24. The number of β-amino-alcohol motifs (C(OH)–C–C–N with tert-alkyl or cyclic N) is 1. The molecule has 1 atom stereocenters. The molecular formula is C18H28Cl2N2O4. The molecule has 0 spiro atoms. The molecule has 1 fully saturated rings. The van der Waals surface area contributed by atoms with Crippen LogP contribution in [0.4, 0.5) is 0 Å². The Bertz CT molecular complexity index is 554. The fourth-order valence-corrected chi connectivity index (χ4v) is 3.07. The molecule has 0 amide bonds. The highest BCUT2D eigenvalue weighted by molar-refractivity contribution is 5.85. The monoisotopic (exact) mass is 406 g/mol. The zero-order valence-corrected chi connectivity index (χ0v) is 16.5. The summed E-state index contributed by atoms with van der Waals surface area (Å²) in [6.07, 6.45) is 1.26. The number of nitrogens with zero attached hydrogens (tertiary/aromatic N) is 2. The summed E-state index contributed by atoms with van der Waals surface area (Å²) in [4.78, 5) is 4.71. The van der Waals surface area contributed by atoms with Crippen LogP contribution in [0, 0.1) is 0 Å². The first-order valence-corrected chi connectivity index (χ1v) is 8.44. The topological polar surface area (TPSA) is 54.4 Å². The van der Waals surface area contributed by atoms with Crippen LogP contribution >= 0.6 is 24.8 Å². The van der Waals surface area contributed by atoms with Gasteiger partial charge in [0.15, 0.2) is 11.5 Å². The highest BCUT2D eigenvalue weighted by atomic mass is 35.5. The van der Waals surface area contributed by atoms with E-state index in [1.165, 1.54) is 5.56 Å². The second-order valence-electron chi connectivity index (χ2n) is 6.24. The maximum absolute atomic E-state index is 9.98. The maximum Gasteiger partial charge on any atom is 0.231 e. The fraction of sp³-hybridized carbons (Fsp3) is 0.556. The van der Waals surface area contributed by atoms with E-state index in [9.17, 15) is 5.11 Å². The minimum atomic E-state index is -0.439. The Hall–Kier alpha value is -1.02. The van der Waals surface area contributed by atoms with Crippen LogP contribution in [-0.2, 0) is 11.3 Å². The van der Waals surface area contributed by atoms with Gasteiger partial charge < -0.3 is 19.3 Å². The fourth-order valence-electron chi connectivity index (χ4n) is 3.07. The second-order valence-corrected chi connectivity index (χ2v) is 6.24. The smallest absolute Gasteiger partial charge is 0.231 e. The third kappa shape index (κ3) is 6.61. The molecule has 1 aromatic carbocycles. The first-order chi connectivity index (χ1) is 11.7. The van der Waals surface area contributed by atoms with Crippen molar-refractivity contribution in [2.45, 2.75) is 12.6 Å². The van der Waals surface area contributed by atoms with Gasteiger partial charge in [0.2, 0.25) is 6.79 Å². The van der Waals surface area contributed by atoms with Gasteiger partial charge in [-0.25, -0.2) is 0 Å². The standard InChI is InChI=1S/C18H26N2O4.2ClH/c1-2-9-22-13-16(21)12-20-7-5-19(6-8-20)11-15-3-4-17-18(10-15)24-14-23-17;;/h2-4,10,16,21H,1,5-9,11-14H2;2*1H. The molecule has 26 heavy (non-hydrogen) atoms. The third-order valence-electron chi connectivity index (χ3n) is 4.32. The van der Waals surface area contributed by atoms with Crippen molar-refractivity contribution in [2.24, 2.45) is 0 Å². The molecule has 0 bridgehead atoms. The first kappa shape index (κ1) is 23.0. The molecule has 0 aromatic heterocycles. The number of piperazine rings is 1. The second kappa shape index (κ2) is 11.6. The van der Waals surface area contributed by atoms with Crippen LogP contribution in [-0.4, -0.2) is 73.7 Å². The van der Waals surface area contributed by atoms with Crippen LogP contribution in [0.15, 0.2) is 30.9 Å². The number of hydrogen-bond donors (Lipinski definition) is 1. The molecule has 0 radical (unpaired) electrons. The molecule has 0 aliphatic carbocycles. The van der Waals surface area contributed by atoms with E-state index >= 15 is 0 Å². The van der Waals surface area contributed by atoms with Crippen LogP contribution in [0.2, 0.25) is 0 Å². The van der Waals surface area contributed by atoms with Gasteiger partial charge in [0, 0.05) is 39.3 Å². The third-order valence-corrected chi connectivity index (χ3v) is 4.32. The highest BCUT2D eigenvalue weighted by Crippen LogP contribution is 2.32. The van der Waals surface area contributed by atoms with Crippen LogP contribution in [0.25, 0.3) is 0 Å². The summed E-state index contributed by atoms with van der Waals surface area (Å²) in [7, 11) is 0.